The monoisotopic (exact) mass is 371 g/mol. The number of anilines is 1. The Bertz CT molecular complexity index is 879. The molecule has 1 amide bonds. The minimum Gasteiger partial charge on any atom is -0.488 e. The summed E-state index contributed by atoms with van der Waals surface area (Å²) in [6.07, 6.45) is 0. The first-order chi connectivity index (χ1) is 12.1. The van der Waals surface area contributed by atoms with Crippen LogP contribution in [0.2, 0.25) is 10.0 Å². The van der Waals surface area contributed by atoms with Crippen LogP contribution in [0.3, 0.4) is 0 Å². The SMILES string of the molecule is O=C(Nc1cccc(Cl)c1)c1ccccc1OCc1ccc(Cl)cc1. The van der Waals surface area contributed by atoms with Gasteiger partial charge < -0.3 is 10.1 Å². The zero-order valence-electron chi connectivity index (χ0n) is 13.2. The fraction of sp³-hybridized carbons (Fsp3) is 0.0500. The first-order valence-corrected chi connectivity index (χ1v) is 8.40. The number of carbonyl (C=O) groups excluding carboxylic acids is 1. The van der Waals surface area contributed by atoms with Crippen molar-refractivity contribution < 1.29 is 9.53 Å². The van der Waals surface area contributed by atoms with Crippen molar-refractivity contribution in [3.05, 3.63) is 94.0 Å². The fourth-order valence-corrected chi connectivity index (χ4v) is 2.60. The van der Waals surface area contributed by atoms with Crippen molar-refractivity contribution in [1.82, 2.24) is 0 Å². The number of carbonyl (C=O) groups is 1. The minimum absolute atomic E-state index is 0.256. The number of benzene rings is 3. The summed E-state index contributed by atoms with van der Waals surface area (Å²) in [4.78, 5) is 12.6. The summed E-state index contributed by atoms with van der Waals surface area (Å²) >= 11 is 11.8. The zero-order valence-corrected chi connectivity index (χ0v) is 14.7. The van der Waals surface area contributed by atoms with Crippen LogP contribution in [0.1, 0.15) is 15.9 Å². The van der Waals surface area contributed by atoms with Gasteiger partial charge in [0.2, 0.25) is 0 Å². The number of para-hydroxylation sites is 1. The van der Waals surface area contributed by atoms with Crippen molar-refractivity contribution in [2.45, 2.75) is 6.61 Å². The molecule has 0 spiro atoms. The first-order valence-electron chi connectivity index (χ1n) is 7.65. The molecule has 0 aliphatic carbocycles. The molecule has 25 heavy (non-hydrogen) atoms. The van der Waals surface area contributed by atoms with Gasteiger partial charge >= 0.3 is 0 Å². The van der Waals surface area contributed by atoms with E-state index in [-0.39, 0.29) is 5.91 Å². The average Bonchev–Trinajstić information content (AvgIpc) is 2.61. The number of ether oxygens (including phenoxy) is 1. The molecule has 0 radical (unpaired) electrons. The number of hydrogen-bond acceptors (Lipinski definition) is 2. The smallest absolute Gasteiger partial charge is 0.259 e. The number of hydrogen-bond donors (Lipinski definition) is 1. The van der Waals surface area contributed by atoms with Crippen LogP contribution in [0.5, 0.6) is 5.75 Å². The maximum Gasteiger partial charge on any atom is 0.259 e. The van der Waals surface area contributed by atoms with Gasteiger partial charge in [0.25, 0.3) is 5.91 Å². The molecule has 1 N–H and O–H groups in total. The van der Waals surface area contributed by atoms with Crippen molar-refractivity contribution in [3.63, 3.8) is 0 Å². The third-order valence-electron chi connectivity index (χ3n) is 3.52. The summed E-state index contributed by atoms with van der Waals surface area (Å²) in [5.74, 6) is 0.256. The van der Waals surface area contributed by atoms with Gasteiger partial charge in [-0.1, -0.05) is 53.5 Å². The molecule has 0 atom stereocenters. The second kappa shape index (κ2) is 8.06. The second-order valence-corrected chi connectivity index (χ2v) is 6.25. The molecular weight excluding hydrogens is 357 g/mol. The lowest BCUT2D eigenvalue weighted by molar-refractivity contribution is 0.102. The Hall–Kier alpha value is -2.49. The van der Waals surface area contributed by atoms with Crippen LogP contribution >= 0.6 is 23.2 Å². The molecule has 3 aromatic rings. The summed E-state index contributed by atoms with van der Waals surface area (Å²) in [6.45, 7) is 0.346. The zero-order chi connectivity index (χ0) is 17.6. The fourth-order valence-electron chi connectivity index (χ4n) is 2.29. The predicted octanol–water partition coefficient (Wildman–Crippen LogP) is 5.82. The van der Waals surface area contributed by atoms with Crippen molar-refractivity contribution in [1.29, 1.82) is 0 Å². The molecule has 3 aromatic carbocycles. The number of nitrogens with one attached hydrogen (secondary N) is 1. The summed E-state index contributed by atoms with van der Waals surface area (Å²) in [6, 6.07) is 21.5. The van der Waals surface area contributed by atoms with Gasteiger partial charge in [0.05, 0.1) is 5.56 Å². The van der Waals surface area contributed by atoms with Crippen molar-refractivity contribution in [2.75, 3.05) is 5.32 Å². The van der Waals surface area contributed by atoms with Gasteiger partial charge in [0, 0.05) is 15.7 Å². The highest BCUT2D eigenvalue weighted by atomic mass is 35.5. The highest BCUT2D eigenvalue weighted by molar-refractivity contribution is 6.31. The quantitative estimate of drug-likeness (QED) is 0.612. The van der Waals surface area contributed by atoms with E-state index in [4.69, 9.17) is 27.9 Å². The number of halogens is 2. The molecule has 0 bridgehead atoms. The molecule has 0 heterocycles. The van der Waals surface area contributed by atoms with Gasteiger partial charge in [-0.2, -0.15) is 0 Å². The van der Waals surface area contributed by atoms with Gasteiger partial charge in [0.15, 0.2) is 0 Å². The maximum absolute atomic E-state index is 12.6. The van der Waals surface area contributed by atoms with E-state index < -0.39 is 0 Å². The van der Waals surface area contributed by atoms with Crippen molar-refractivity contribution >= 4 is 34.8 Å². The number of amides is 1. The summed E-state index contributed by atoms with van der Waals surface area (Å²) in [5, 5.41) is 4.06. The van der Waals surface area contributed by atoms with Crippen LogP contribution < -0.4 is 10.1 Å². The van der Waals surface area contributed by atoms with E-state index in [1.54, 1.807) is 54.6 Å². The molecule has 0 unspecified atom stereocenters. The van der Waals surface area contributed by atoms with E-state index in [9.17, 15) is 4.79 Å². The first kappa shape index (κ1) is 17.3. The van der Waals surface area contributed by atoms with E-state index >= 15 is 0 Å². The minimum atomic E-state index is -0.256. The van der Waals surface area contributed by atoms with Gasteiger partial charge in [-0.15, -0.1) is 0 Å². The largest absolute Gasteiger partial charge is 0.488 e. The van der Waals surface area contributed by atoms with Crippen LogP contribution in [0.4, 0.5) is 5.69 Å². The van der Waals surface area contributed by atoms with E-state index in [2.05, 4.69) is 5.32 Å². The van der Waals surface area contributed by atoms with E-state index in [0.29, 0.717) is 33.7 Å². The lowest BCUT2D eigenvalue weighted by Gasteiger charge is -2.12. The van der Waals surface area contributed by atoms with Crippen molar-refractivity contribution in [3.8, 4) is 5.75 Å². The normalized spacial score (nSPS) is 10.3. The van der Waals surface area contributed by atoms with Gasteiger partial charge in [-0.05, 0) is 48.0 Å². The average molecular weight is 372 g/mol. The Labute approximate surface area is 156 Å². The topological polar surface area (TPSA) is 38.3 Å². The van der Waals surface area contributed by atoms with E-state index in [0.717, 1.165) is 5.56 Å². The van der Waals surface area contributed by atoms with Crippen LogP contribution in [0.25, 0.3) is 0 Å². The Morgan fingerprint density at radius 1 is 0.880 bits per heavy atom. The summed E-state index contributed by atoms with van der Waals surface area (Å²) in [7, 11) is 0. The molecule has 0 aliphatic heterocycles. The van der Waals surface area contributed by atoms with E-state index in [1.807, 2.05) is 18.2 Å². The standard InChI is InChI=1S/C20H15Cl2NO2/c21-15-10-8-14(9-11-15)13-25-19-7-2-1-6-18(19)20(24)23-17-5-3-4-16(22)12-17/h1-12H,13H2,(H,23,24). The van der Waals surface area contributed by atoms with Crippen LogP contribution in [-0.4, -0.2) is 5.91 Å². The highest BCUT2D eigenvalue weighted by Crippen LogP contribution is 2.22. The molecule has 0 saturated heterocycles. The molecule has 0 aliphatic rings. The maximum atomic E-state index is 12.6. The molecule has 0 fully saturated rings. The van der Waals surface area contributed by atoms with Gasteiger partial charge in [-0.25, -0.2) is 0 Å². The molecule has 0 aromatic heterocycles. The lowest BCUT2D eigenvalue weighted by atomic mass is 10.1. The molecule has 126 valence electrons. The Morgan fingerprint density at radius 3 is 2.40 bits per heavy atom. The van der Waals surface area contributed by atoms with E-state index in [1.165, 1.54) is 0 Å². The summed E-state index contributed by atoms with van der Waals surface area (Å²) in [5.41, 5.74) is 2.05. The Balaban J connectivity index is 1.73. The Morgan fingerprint density at radius 2 is 1.64 bits per heavy atom. The second-order valence-electron chi connectivity index (χ2n) is 5.38. The van der Waals surface area contributed by atoms with Crippen molar-refractivity contribution in [2.24, 2.45) is 0 Å². The highest BCUT2D eigenvalue weighted by Gasteiger charge is 2.12. The van der Waals surface area contributed by atoms with Crippen LogP contribution in [0.15, 0.2) is 72.8 Å². The third-order valence-corrected chi connectivity index (χ3v) is 4.01. The number of rotatable bonds is 5. The van der Waals surface area contributed by atoms with Gasteiger partial charge in [0.1, 0.15) is 12.4 Å². The summed E-state index contributed by atoms with van der Waals surface area (Å²) < 4.78 is 5.82. The predicted molar refractivity (Wildman–Crippen MR) is 102 cm³/mol. The van der Waals surface area contributed by atoms with Crippen LogP contribution in [-0.2, 0) is 6.61 Å². The third kappa shape index (κ3) is 4.75. The molecule has 3 nitrogen and oxygen atoms in total. The molecular formula is C20H15Cl2NO2. The molecule has 3 rings (SSSR count). The van der Waals surface area contributed by atoms with Crippen LogP contribution in [0, 0.1) is 0 Å². The Kier molecular flexibility index (Phi) is 5.59. The molecule has 0 saturated carbocycles. The lowest BCUT2D eigenvalue weighted by Crippen LogP contribution is -2.13. The molecule has 5 heteroatoms. The van der Waals surface area contributed by atoms with Gasteiger partial charge in [-0.3, -0.25) is 4.79 Å².